The zero-order chi connectivity index (χ0) is 15.5. The van der Waals surface area contributed by atoms with Crippen molar-refractivity contribution in [1.82, 2.24) is 0 Å². The Hall–Kier alpha value is -1.98. The molecule has 0 fully saturated rings. The Balaban J connectivity index is 0.00000192. The molecule has 1 N–H and O–H groups in total. The highest BCUT2D eigenvalue weighted by atomic mass is 79.9. The predicted molar refractivity (Wildman–Crippen MR) is 94.5 cm³/mol. The van der Waals surface area contributed by atoms with Crippen molar-refractivity contribution in [3.8, 4) is 0 Å². The van der Waals surface area contributed by atoms with Gasteiger partial charge < -0.3 is 5.32 Å². The Kier molecular flexibility index (Phi) is 5.69. The molecule has 23 heavy (non-hydrogen) atoms. The lowest BCUT2D eigenvalue weighted by Gasteiger charge is -2.04. The number of amides is 1. The van der Waals surface area contributed by atoms with Crippen LogP contribution >= 0.6 is 28.6 Å². The van der Waals surface area contributed by atoms with Gasteiger partial charge in [0.05, 0.1) is 5.02 Å². The summed E-state index contributed by atoms with van der Waals surface area (Å²) in [6, 6.07) is 14.0. The molecule has 3 rings (SSSR count). The van der Waals surface area contributed by atoms with E-state index in [1.54, 1.807) is 4.57 Å². The average Bonchev–Trinajstić information content (AvgIpc) is 2.51. The minimum Gasteiger partial charge on any atom is -0.321 e. The number of aromatic nitrogens is 1. The molecule has 1 heterocycles. The van der Waals surface area contributed by atoms with Gasteiger partial charge in [0.2, 0.25) is 6.54 Å². The Morgan fingerprint density at radius 3 is 2.61 bits per heavy atom. The second kappa shape index (κ2) is 7.53. The second-order valence-corrected chi connectivity index (χ2v) is 5.33. The number of rotatable bonds is 3. The van der Waals surface area contributed by atoms with Crippen LogP contribution in [0, 0.1) is 5.82 Å². The fourth-order valence-electron chi connectivity index (χ4n) is 2.22. The highest BCUT2D eigenvalue weighted by molar-refractivity contribution is 8.93. The van der Waals surface area contributed by atoms with E-state index >= 15 is 0 Å². The highest BCUT2D eigenvalue weighted by Crippen LogP contribution is 2.19. The molecule has 0 spiro atoms. The molecular weight excluding hydrogens is 383 g/mol. The van der Waals surface area contributed by atoms with Crippen molar-refractivity contribution in [3.05, 3.63) is 71.8 Å². The predicted octanol–water partition coefficient (Wildman–Crippen LogP) is 4.14. The van der Waals surface area contributed by atoms with Crippen LogP contribution < -0.4 is 9.88 Å². The van der Waals surface area contributed by atoms with Crippen molar-refractivity contribution in [2.75, 3.05) is 5.32 Å². The molecule has 3 aromatic rings. The van der Waals surface area contributed by atoms with E-state index in [0.717, 1.165) is 10.8 Å². The van der Waals surface area contributed by atoms with Crippen LogP contribution in [0.3, 0.4) is 0 Å². The molecule has 0 saturated carbocycles. The third-order valence-electron chi connectivity index (χ3n) is 3.28. The topological polar surface area (TPSA) is 33.0 Å². The summed E-state index contributed by atoms with van der Waals surface area (Å²) in [6.45, 7) is 0.166. The van der Waals surface area contributed by atoms with E-state index < -0.39 is 5.82 Å². The van der Waals surface area contributed by atoms with Gasteiger partial charge in [-0.1, -0.05) is 29.8 Å². The molecule has 2 aromatic carbocycles. The number of pyridine rings is 1. The standard InChI is InChI=1S/C17H12ClFN2O.BrH/c18-15-9-14(5-6-16(15)19)20-17(22)11-21-8-7-12-3-1-2-4-13(12)10-21;/h1-10H,11H2;1H/p+1. The number of hydrogen-bond acceptors (Lipinski definition) is 1. The van der Waals surface area contributed by atoms with Crippen molar-refractivity contribution in [2.24, 2.45) is 0 Å². The van der Waals surface area contributed by atoms with Crippen LogP contribution in [0.2, 0.25) is 5.02 Å². The Labute approximate surface area is 148 Å². The van der Waals surface area contributed by atoms with Gasteiger partial charge in [0.25, 0.3) is 5.91 Å². The summed E-state index contributed by atoms with van der Waals surface area (Å²) in [5, 5.41) is 4.85. The largest absolute Gasteiger partial charge is 0.321 e. The number of fused-ring (bicyclic) bond motifs is 1. The van der Waals surface area contributed by atoms with E-state index in [9.17, 15) is 9.18 Å². The molecule has 0 atom stereocenters. The number of halogens is 3. The third kappa shape index (κ3) is 4.27. The molecule has 118 valence electrons. The molecule has 1 amide bonds. The molecule has 0 saturated heterocycles. The maximum Gasteiger partial charge on any atom is 0.290 e. The highest BCUT2D eigenvalue weighted by Gasteiger charge is 2.11. The van der Waals surface area contributed by atoms with E-state index in [2.05, 4.69) is 5.32 Å². The lowest BCUT2D eigenvalue weighted by molar-refractivity contribution is -0.682. The molecule has 6 heteroatoms. The molecular formula is C17H14BrClFN2O+. The number of benzene rings is 2. The smallest absolute Gasteiger partial charge is 0.290 e. The first-order chi connectivity index (χ1) is 10.6. The van der Waals surface area contributed by atoms with Crippen molar-refractivity contribution in [3.63, 3.8) is 0 Å². The Morgan fingerprint density at radius 2 is 1.87 bits per heavy atom. The van der Waals surface area contributed by atoms with Crippen LogP contribution in [0.1, 0.15) is 0 Å². The summed E-state index contributed by atoms with van der Waals surface area (Å²) < 4.78 is 14.9. The first kappa shape index (κ1) is 17.4. The van der Waals surface area contributed by atoms with E-state index in [1.807, 2.05) is 42.7 Å². The number of anilines is 1. The fraction of sp³-hybridized carbons (Fsp3) is 0.0588. The summed E-state index contributed by atoms with van der Waals surface area (Å²) in [5.41, 5.74) is 0.470. The second-order valence-electron chi connectivity index (χ2n) is 4.92. The van der Waals surface area contributed by atoms with Crippen LogP contribution in [0.15, 0.2) is 60.9 Å². The Morgan fingerprint density at radius 1 is 1.13 bits per heavy atom. The number of carbonyl (C=O) groups excluding carboxylic acids is 1. The van der Waals surface area contributed by atoms with E-state index in [-0.39, 0.29) is 34.5 Å². The van der Waals surface area contributed by atoms with Crippen LogP contribution in [0.25, 0.3) is 10.8 Å². The Bertz CT molecular complexity index is 857. The van der Waals surface area contributed by atoms with Gasteiger partial charge in [-0.3, -0.25) is 4.79 Å². The van der Waals surface area contributed by atoms with Gasteiger partial charge in [0, 0.05) is 17.1 Å². The minimum atomic E-state index is -0.511. The van der Waals surface area contributed by atoms with E-state index in [4.69, 9.17) is 11.6 Å². The lowest BCUT2D eigenvalue weighted by atomic mass is 10.2. The van der Waals surface area contributed by atoms with Gasteiger partial charge in [-0.2, -0.15) is 4.57 Å². The number of carbonyl (C=O) groups is 1. The first-order valence-electron chi connectivity index (χ1n) is 6.74. The monoisotopic (exact) mass is 395 g/mol. The zero-order valence-electron chi connectivity index (χ0n) is 12.0. The van der Waals surface area contributed by atoms with E-state index in [1.165, 1.54) is 18.2 Å². The third-order valence-corrected chi connectivity index (χ3v) is 3.57. The summed E-state index contributed by atoms with van der Waals surface area (Å²) in [7, 11) is 0. The summed E-state index contributed by atoms with van der Waals surface area (Å²) in [6.07, 6.45) is 3.76. The maximum absolute atomic E-state index is 13.1. The van der Waals surface area contributed by atoms with Crippen molar-refractivity contribution < 1.29 is 13.8 Å². The van der Waals surface area contributed by atoms with Crippen LogP contribution in [-0.2, 0) is 11.3 Å². The van der Waals surface area contributed by atoms with Gasteiger partial charge >= 0.3 is 0 Å². The SMILES string of the molecule is Br.O=C(C[n+]1ccc2ccccc2c1)Nc1ccc(F)c(Cl)c1. The summed E-state index contributed by atoms with van der Waals surface area (Å²) in [4.78, 5) is 12.0. The minimum absolute atomic E-state index is 0. The van der Waals surface area contributed by atoms with Gasteiger partial charge in [0.1, 0.15) is 5.82 Å². The van der Waals surface area contributed by atoms with Crippen LogP contribution in [-0.4, -0.2) is 5.91 Å². The summed E-state index contributed by atoms with van der Waals surface area (Å²) in [5.74, 6) is -0.716. The molecule has 0 radical (unpaired) electrons. The van der Waals surface area contributed by atoms with E-state index in [0.29, 0.717) is 5.69 Å². The van der Waals surface area contributed by atoms with Gasteiger partial charge in [-0.05, 0) is 29.7 Å². The molecule has 0 bridgehead atoms. The van der Waals surface area contributed by atoms with Crippen molar-refractivity contribution >= 4 is 50.9 Å². The number of nitrogens with zero attached hydrogens (tertiary/aromatic N) is 1. The zero-order valence-corrected chi connectivity index (χ0v) is 14.5. The van der Waals surface area contributed by atoms with Crippen molar-refractivity contribution in [1.29, 1.82) is 0 Å². The van der Waals surface area contributed by atoms with Crippen LogP contribution in [0.4, 0.5) is 10.1 Å². The normalized spacial score (nSPS) is 10.2. The summed E-state index contributed by atoms with van der Waals surface area (Å²) >= 11 is 5.69. The molecule has 0 unspecified atom stereocenters. The molecule has 0 aliphatic heterocycles. The maximum atomic E-state index is 13.1. The van der Waals surface area contributed by atoms with Gasteiger partial charge in [-0.15, -0.1) is 17.0 Å². The quantitative estimate of drug-likeness (QED) is 0.663. The average molecular weight is 397 g/mol. The molecule has 3 nitrogen and oxygen atoms in total. The lowest BCUT2D eigenvalue weighted by Crippen LogP contribution is -2.39. The fourth-order valence-corrected chi connectivity index (χ4v) is 2.40. The molecule has 1 aromatic heterocycles. The molecule has 0 aliphatic carbocycles. The first-order valence-corrected chi connectivity index (χ1v) is 7.12. The van der Waals surface area contributed by atoms with Gasteiger partial charge in [-0.25, -0.2) is 4.39 Å². The van der Waals surface area contributed by atoms with Crippen LogP contribution in [0.5, 0.6) is 0 Å². The van der Waals surface area contributed by atoms with Crippen molar-refractivity contribution in [2.45, 2.75) is 6.54 Å². The molecule has 0 aliphatic rings. The number of hydrogen-bond donors (Lipinski definition) is 1. The number of nitrogens with one attached hydrogen (secondary N) is 1. The van der Waals surface area contributed by atoms with Gasteiger partial charge in [0.15, 0.2) is 12.4 Å².